The van der Waals surface area contributed by atoms with Gasteiger partial charge >= 0.3 is 0 Å². The van der Waals surface area contributed by atoms with Gasteiger partial charge in [-0.2, -0.15) is 0 Å². The Labute approximate surface area is 95.1 Å². The number of hydrogen-bond donors (Lipinski definition) is 1. The maximum absolute atomic E-state index is 12.9. The number of hydrogen-bond acceptors (Lipinski definition) is 1. The van der Waals surface area contributed by atoms with Gasteiger partial charge in [0, 0.05) is 6.07 Å². The van der Waals surface area contributed by atoms with Crippen molar-refractivity contribution in [3.8, 4) is 0 Å². The van der Waals surface area contributed by atoms with E-state index in [-0.39, 0.29) is 5.41 Å². The minimum atomic E-state index is -0.801. The Balaban J connectivity index is 2.69. The highest BCUT2D eigenvalue weighted by Crippen LogP contribution is 2.27. The molecule has 1 aromatic rings. The summed E-state index contributed by atoms with van der Waals surface area (Å²) in [5, 5.41) is 9.80. The van der Waals surface area contributed by atoms with Gasteiger partial charge in [0.1, 0.15) is 11.6 Å². The summed E-state index contributed by atoms with van der Waals surface area (Å²) in [4.78, 5) is 0. The summed E-state index contributed by atoms with van der Waals surface area (Å²) in [5.41, 5.74) is 0.411. The second-order valence-corrected chi connectivity index (χ2v) is 5.32. The highest BCUT2D eigenvalue weighted by molar-refractivity contribution is 5.20. The maximum atomic E-state index is 12.9. The topological polar surface area (TPSA) is 20.2 Å². The van der Waals surface area contributed by atoms with Crippen molar-refractivity contribution in [2.75, 3.05) is 0 Å². The summed E-state index contributed by atoms with van der Waals surface area (Å²) >= 11 is 0. The summed E-state index contributed by atoms with van der Waals surface area (Å²) < 4.78 is 25.8. The van der Waals surface area contributed by atoms with Crippen LogP contribution in [0, 0.1) is 17.0 Å². The van der Waals surface area contributed by atoms with E-state index < -0.39 is 17.7 Å². The van der Waals surface area contributed by atoms with Gasteiger partial charge in [-0.25, -0.2) is 8.78 Å². The average Bonchev–Trinajstić information content (AvgIpc) is 2.11. The average molecular weight is 228 g/mol. The minimum absolute atomic E-state index is 0.104. The molecule has 0 bridgehead atoms. The molecule has 1 N–H and O–H groups in total. The van der Waals surface area contributed by atoms with Crippen LogP contribution in [0.15, 0.2) is 18.2 Å². The molecule has 1 atom stereocenters. The van der Waals surface area contributed by atoms with Crippen LogP contribution in [0.2, 0.25) is 0 Å². The van der Waals surface area contributed by atoms with E-state index in [1.54, 1.807) is 0 Å². The van der Waals surface area contributed by atoms with Crippen molar-refractivity contribution in [2.24, 2.45) is 5.41 Å². The Morgan fingerprint density at radius 3 is 2.06 bits per heavy atom. The van der Waals surface area contributed by atoms with E-state index in [0.29, 0.717) is 12.0 Å². The first-order valence-electron chi connectivity index (χ1n) is 5.42. The number of aliphatic hydroxyl groups excluding tert-OH is 1. The van der Waals surface area contributed by atoms with Crippen molar-refractivity contribution in [1.29, 1.82) is 0 Å². The lowest BCUT2D eigenvalue weighted by molar-refractivity contribution is 0.147. The highest BCUT2D eigenvalue weighted by atomic mass is 19.1. The smallest absolute Gasteiger partial charge is 0.126 e. The lowest BCUT2D eigenvalue weighted by Gasteiger charge is -2.20. The molecular weight excluding hydrogens is 210 g/mol. The fraction of sp³-hybridized carbons (Fsp3) is 0.538. The van der Waals surface area contributed by atoms with Crippen molar-refractivity contribution in [2.45, 2.75) is 39.7 Å². The molecule has 16 heavy (non-hydrogen) atoms. The van der Waals surface area contributed by atoms with Gasteiger partial charge in [-0.05, 0) is 36.0 Å². The minimum Gasteiger partial charge on any atom is -0.388 e. The van der Waals surface area contributed by atoms with Gasteiger partial charge in [0.15, 0.2) is 0 Å². The van der Waals surface area contributed by atoms with Crippen molar-refractivity contribution >= 4 is 0 Å². The molecular formula is C13H18F2O. The van der Waals surface area contributed by atoms with Crippen LogP contribution in [-0.2, 0) is 0 Å². The van der Waals surface area contributed by atoms with Gasteiger partial charge in [0.2, 0.25) is 0 Å². The second-order valence-electron chi connectivity index (χ2n) is 5.32. The Hall–Kier alpha value is -0.960. The predicted molar refractivity (Wildman–Crippen MR) is 60.0 cm³/mol. The van der Waals surface area contributed by atoms with Crippen molar-refractivity contribution in [1.82, 2.24) is 0 Å². The van der Waals surface area contributed by atoms with E-state index in [0.717, 1.165) is 12.5 Å². The van der Waals surface area contributed by atoms with Crippen LogP contribution in [0.4, 0.5) is 8.78 Å². The predicted octanol–water partition coefficient (Wildman–Crippen LogP) is 3.82. The zero-order chi connectivity index (χ0) is 12.3. The molecule has 0 amide bonds. The van der Waals surface area contributed by atoms with Crippen LogP contribution in [0.3, 0.4) is 0 Å². The summed E-state index contributed by atoms with van der Waals surface area (Å²) in [7, 11) is 0. The third-order valence-corrected chi connectivity index (χ3v) is 2.44. The molecule has 0 fully saturated rings. The van der Waals surface area contributed by atoms with Crippen LogP contribution < -0.4 is 0 Å². The van der Waals surface area contributed by atoms with Gasteiger partial charge in [0.25, 0.3) is 0 Å². The van der Waals surface area contributed by atoms with E-state index in [4.69, 9.17) is 0 Å². The number of aliphatic hydroxyl groups is 1. The third kappa shape index (κ3) is 4.27. The van der Waals surface area contributed by atoms with Crippen LogP contribution >= 0.6 is 0 Å². The largest absolute Gasteiger partial charge is 0.388 e. The Bertz CT molecular complexity index is 335. The third-order valence-electron chi connectivity index (χ3n) is 2.44. The molecule has 1 unspecified atom stereocenters. The monoisotopic (exact) mass is 228 g/mol. The molecule has 1 rings (SSSR count). The van der Waals surface area contributed by atoms with E-state index in [1.807, 2.05) is 0 Å². The zero-order valence-electron chi connectivity index (χ0n) is 9.93. The van der Waals surface area contributed by atoms with Crippen LogP contribution in [0.25, 0.3) is 0 Å². The molecule has 0 spiro atoms. The van der Waals surface area contributed by atoms with E-state index in [2.05, 4.69) is 20.8 Å². The van der Waals surface area contributed by atoms with Crippen LogP contribution in [0.5, 0.6) is 0 Å². The molecule has 1 nitrogen and oxygen atoms in total. The Kier molecular flexibility index (Phi) is 4.03. The lowest BCUT2D eigenvalue weighted by atomic mass is 9.88. The van der Waals surface area contributed by atoms with Crippen molar-refractivity contribution < 1.29 is 13.9 Å². The molecule has 0 aliphatic carbocycles. The second kappa shape index (κ2) is 4.91. The van der Waals surface area contributed by atoms with E-state index >= 15 is 0 Å². The molecule has 0 radical (unpaired) electrons. The molecule has 0 saturated carbocycles. The highest BCUT2D eigenvalue weighted by Gasteiger charge is 2.15. The quantitative estimate of drug-likeness (QED) is 0.833. The number of rotatable bonds is 3. The fourth-order valence-corrected chi connectivity index (χ4v) is 1.50. The molecule has 90 valence electrons. The number of benzene rings is 1. The standard InChI is InChI=1S/C13H18F2O/c1-13(2,3)5-4-12(16)9-6-10(14)8-11(15)7-9/h6-8,12,16H,4-5H2,1-3H3. The van der Waals surface area contributed by atoms with E-state index in [9.17, 15) is 13.9 Å². The SMILES string of the molecule is CC(C)(C)CCC(O)c1cc(F)cc(F)c1. The molecule has 0 aliphatic heterocycles. The molecule has 0 saturated heterocycles. The first kappa shape index (κ1) is 13.1. The van der Waals surface area contributed by atoms with Crippen LogP contribution in [0.1, 0.15) is 45.3 Å². The van der Waals surface area contributed by atoms with Crippen molar-refractivity contribution in [3.63, 3.8) is 0 Å². The first-order valence-corrected chi connectivity index (χ1v) is 5.42. The molecule has 3 heteroatoms. The van der Waals surface area contributed by atoms with Crippen molar-refractivity contribution in [3.05, 3.63) is 35.4 Å². The summed E-state index contributed by atoms with van der Waals surface area (Å²) in [6.45, 7) is 6.18. The lowest BCUT2D eigenvalue weighted by Crippen LogP contribution is -2.08. The zero-order valence-corrected chi connectivity index (χ0v) is 9.93. The maximum Gasteiger partial charge on any atom is 0.126 e. The number of halogens is 2. The first-order chi connectivity index (χ1) is 7.28. The van der Waals surface area contributed by atoms with Gasteiger partial charge in [-0.15, -0.1) is 0 Å². The van der Waals surface area contributed by atoms with E-state index in [1.165, 1.54) is 12.1 Å². The van der Waals surface area contributed by atoms with Gasteiger partial charge in [-0.1, -0.05) is 20.8 Å². The summed E-state index contributed by atoms with van der Waals surface area (Å²) in [5.74, 6) is -1.30. The summed E-state index contributed by atoms with van der Waals surface area (Å²) in [6.07, 6.45) is 0.503. The molecule has 0 aromatic heterocycles. The molecule has 0 aliphatic rings. The van der Waals surface area contributed by atoms with Gasteiger partial charge < -0.3 is 5.11 Å². The van der Waals surface area contributed by atoms with Gasteiger partial charge in [-0.3, -0.25) is 0 Å². The van der Waals surface area contributed by atoms with Crippen LogP contribution in [-0.4, -0.2) is 5.11 Å². The fourth-order valence-electron chi connectivity index (χ4n) is 1.50. The molecule has 0 heterocycles. The van der Waals surface area contributed by atoms with Gasteiger partial charge in [0.05, 0.1) is 6.10 Å². The summed E-state index contributed by atoms with van der Waals surface area (Å²) in [6, 6.07) is 3.16. The Morgan fingerprint density at radius 2 is 1.62 bits per heavy atom. The normalized spacial score (nSPS) is 13.9. The Morgan fingerprint density at radius 1 is 1.12 bits per heavy atom. The molecule has 1 aromatic carbocycles.